The molecule has 6 heteroatoms. The number of aromatic nitrogens is 1. The molecular weight excluding hydrogens is 387 g/mol. The fourth-order valence-corrected chi connectivity index (χ4v) is 5.04. The third kappa shape index (κ3) is 2.26. The van der Waals surface area contributed by atoms with Crippen LogP contribution < -0.4 is 0 Å². The van der Waals surface area contributed by atoms with Crippen LogP contribution in [0.5, 0.6) is 0 Å². The van der Waals surface area contributed by atoms with E-state index in [1.165, 1.54) is 10.9 Å². The zero-order valence-corrected chi connectivity index (χ0v) is 16.0. The molecule has 1 fully saturated rings. The van der Waals surface area contributed by atoms with Crippen LogP contribution in [0.1, 0.15) is 22.7 Å². The number of benzene rings is 2. The van der Waals surface area contributed by atoms with Crippen molar-refractivity contribution in [1.82, 2.24) is 9.88 Å². The summed E-state index contributed by atoms with van der Waals surface area (Å²) in [6.45, 7) is 0.619. The van der Waals surface area contributed by atoms with Crippen molar-refractivity contribution >= 4 is 57.1 Å². The molecule has 1 N–H and O–H groups in total. The molecule has 2 aromatic carbocycles. The van der Waals surface area contributed by atoms with Crippen LogP contribution in [0.4, 0.5) is 0 Å². The molecule has 0 aliphatic carbocycles. The highest BCUT2D eigenvalue weighted by atomic mass is 35.5. The van der Waals surface area contributed by atoms with E-state index in [0.717, 1.165) is 11.2 Å². The molecule has 2 aliphatic rings. The number of hydrogen-bond acceptors (Lipinski definition) is 2. The smallest absolute Gasteiger partial charge is 0.169 e. The minimum Gasteiger partial charge on any atom is -0.357 e. The lowest BCUT2D eigenvalue weighted by molar-refractivity contribution is -0.121. The Morgan fingerprint density at radius 3 is 2.81 bits per heavy atom. The Bertz CT molecular complexity index is 1090. The lowest BCUT2D eigenvalue weighted by atomic mass is 9.91. The van der Waals surface area contributed by atoms with E-state index < -0.39 is 5.92 Å². The van der Waals surface area contributed by atoms with E-state index >= 15 is 0 Å². The van der Waals surface area contributed by atoms with Gasteiger partial charge in [0.05, 0.1) is 23.5 Å². The van der Waals surface area contributed by atoms with Gasteiger partial charge in [0.15, 0.2) is 5.78 Å². The number of halogens is 2. The van der Waals surface area contributed by atoms with Crippen molar-refractivity contribution in [2.24, 2.45) is 0 Å². The summed E-state index contributed by atoms with van der Waals surface area (Å²) >= 11 is 18.2. The van der Waals surface area contributed by atoms with Gasteiger partial charge in [-0.3, -0.25) is 4.79 Å². The van der Waals surface area contributed by atoms with Crippen molar-refractivity contribution in [3.8, 4) is 0 Å². The standard InChI is InChI=1S/C20H14Cl2N2OS/c21-10-5-6-14(22)13(7-10)18-19(25)17-8-12-11-3-1-2-4-15(11)23-16(12)9-24(17)20(18)26/h1-7,17-18,23H,8-9H2/t17-,18+/m1/s1. The van der Waals surface area contributed by atoms with E-state index in [1.54, 1.807) is 18.2 Å². The number of fused-ring (bicyclic) bond motifs is 4. The maximum absolute atomic E-state index is 13.2. The van der Waals surface area contributed by atoms with E-state index in [0.29, 0.717) is 33.6 Å². The molecule has 130 valence electrons. The average molecular weight is 401 g/mol. The summed E-state index contributed by atoms with van der Waals surface area (Å²) in [6.07, 6.45) is 0.660. The Balaban J connectivity index is 1.58. The van der Waals surface area contributed by atoms with Crippen molar-refractivity contribution in [2.75, 3.05) is 0 Å². The Labute approximate surface area is 165 Å². The Morgan fingerprint density at radius 2 is 1.96 bits per heavy atom. The molecule has 1 saturated heterocycles. The first-order valence-corrected chi connectivity index (χ1v) is 9.58. The molecule has 0 spiro atoms. The molecule has 0 radical (unpaired) electrons. The third-order valence-electron chi connectivity index (χ3n) is 5.42. The minimum atomic E-state index is -0.503. The lowest BCUT2D eigenvalue weighted by Crippen LogP contribution is -2.39. The maximum Gasteiger partial charge on any atom is 0.169 e. The number of ketones is 1. The molecule has 5 rings (SSSR count). The van der Waals surface area contributed by atoms with E-state index in [1.807, 2.05) is 17.0 Å². The SMILES string of the molecule is O=C1[C@H](c2cc(Cl)ccc2Cl)C(=S)N2Cc3[nH]c4ccccc4c3C[C@H]12. The lowest BCUT2D eigenvalue weighted by Gasteiger charge is -2.30. The van der Waals surface area contributed by atoms with Gasteiger partial charge in [-0.25, -0.2) is 0 Å². The second kappa shape index (κ2) is 5.81. The van der Waals surface area contributed by atoms with E-state index in [9.17, 15) is 4.79 Å². The molecule has 3 aromatic rings. The highest BCUT2D eigenvalue weighted by Crippen LogP contribution is 2.41. The van der Waals surface area contributed by atoms with Crippen LogP contribution in [0.15, 0.2) is 42.5 Å². The molecule has 3 heterocycles. The van der Waals surface area contributed by atoms with Gasteiger partial charge in [0, 0.05) is 33.1 Å². The molecule has 26 heavy (non-hydrogen) atoms. The average Bonchev–Trinajstić information content (AvgIpc) is 3.11. The van der Waals surface area contributed by atoms with Crippen LogP contribution in [0.3, 0.4) is 0 Å². The summed E-state index contributed by atoms with van der Waals surface area (Å²) in [5.41, 5.74) is 4.16. The monoisotopic (exact) mass is 400 g/mol. The summed E-state index contributed by atoms with van der Waals surface area (Å²) < 4.78 is 0. The van der Waals surface area contributed by atoms with E-state index in [2.05, 4.69) is 17.1 Å². The molecule has 0 saturated carbocycles. The Kier molecular flexibility index (Phi) is 3.64. The number of rotatable bonds is 1. The van der Waals surface area contributed by atoms with Crippen LogP contribution in [-0.4, -0.2) is 26.7 Å². The number of Topliss-reactive ketones (excluding diaryl/α,β-unsaturated/α-hetero) is 1. The molecule has 1 aromatic heterocycles. The van der Waals surface area contributed by atoms with Crippen LogP contribution in [-0.2, 0) is 17.8 Å². The minimum absolute atomic E-state index is 0.107. The number of H-pyrrole nitrogens is 1. The Hall–Kier alpha value is -1.88. The second-order valence-corrected chi connectivity index (χ2v) is 8.08. The number of carbonyl (C=O) groups is 1. The number of aromatic amines is 1. The second-order valence-electron chi connectivity index (χ2n) is 6.81. The fraction of sp³-hybridized carbons (Fsp3) is 0.200. The van der Waals surface area contributed by atoms with Crippen molar-refractivity contribution in [3.05, 3.63) is 69.3 Å². The van der Waals surface area contributed by atoms with E-state index in [4.69, 9.17) is 35.4 Å². The number of para-hydroxylation sites is 1. The zero-order valence-electron chi connectivity index (χ0n) is 13.6. The number of hydrogen-bond donors (Lipinski definition) is 1. The largest absolute Gasteiger partial charge is 0.357 e. The predicted molar refractivity (Wildman–Crippen MR) is 108 cm³/mol. The van der Waals surface area contributed by atoms with Gasteiger partial charge < -0.3 is 9.88 Å². The van der Waals surface area contributed by atoms with Gasteiger partial charge in [0.2, 0.25) is 0 Å². The topological polar surface area (TPSA) is 36.1 Å². The van der Waals surface area contributed by atoms with Gasteiger partial charge in [0.25, 0.3) is 0 Å². The third-order valence-corrected chi connectivity index (χ3v) is 6.47. The van der Waals surface area contributed by atoms with Crippen LogP contribution in [0.25, 0.3) is 10.9 Å². The summed E-state index contributed by atoms with van der Waals surface area (Å²) in [4.78, 5) is 19.4. The van der Waals surface area contributed by atoms with Crippen molar-refractivity contribution in [2.45, 2.75) is 24.9 Å². The summed E-state index contributed by atoms with van der Waals surface area (Å²) in [5.74, 6) is -0.397. The first kappa shape index (κ1) is 16.3. The zero-order chi connectivity index (χ0) is 18.0. The summed E-state index contributed by atoms with van der Waals surface area (Å²) in [7, 11) is 0. The predicted octanol–water partition coefficient (Wildman–Crippen LogP) is 4.90. The molecular formula is C20H14Cl2N2OS. The van der Waals surface area contributed by atoms with Gasteiger partial charge in [0.1, 0.15) is 0 Å². The molecule has 2 atom stereocenters. The first-order valence-electron chi connectivity index (χ1n) is 8.42. The molecule has 0 unspecified atom stereocenters. The number of carbonyl (C=O) groups excluding carboxylic acids is 1. The number of nitrogens with one attached hydrogen (secondary N) is 1. The van der Waals surface area contributed by atoms with Crippen molar-refractivity contribution in [1.29, 1.82) is 0 Å². The van der Waals surface area contributed by atoms with Gasteiger partial charge in [-0.2, -0.15) is 0 Å². The van der Waals surface area contributed by atoms with Crippen LogP contribution in [0, 0.1) is 0 Å². The van der Waals surface area contributed by atoms with Crippen LogP contribution in [0.2, 0.25) is 10.0 Å². The van der Waals surface area contributed by atoms with Gasteiger partial charge in [-0.15, -0.1) is 0 Å². The Morgan fingerprint density at radius 1 is 1.15 bits per heavy atom. The maximum atomic E-state index is 13.2. The van der Waals surface area contributed by atoms with Gasteiger partial charge >= 0.3 is 0 Å². The summed E-state index contributed by atoms with van der Waals surface area (Å²) in [5, 5.41) is 2.27. The van der Waals surface area contributed by atoms with Crippen molar-refractivity contribution in [3.63, 3.8) is 0 Å². The number of nitrogens with zero attached hydrogens (tertiary/aromatic N) is 1. The highest BCUT2D eigenvalue weighted by molar-refractivity contribution is 7.80. The fourth-order valence-electron chi connectivity index (χ4n) is 4.20. The molecule has 3 nitrogen and oxygen atoms in total. The van der Waals surface area contributed by atoms with Crippen LogP contribution >= 0.6 is 35.4 Å². The van der Waals surface area contributed by atoms with Crippen molar-refractivity contribution < 1.29 is 4.79 Å². The molecule has 0 bridgehead atoms. The normalized spacial score (nSPS) is 22.0. The molecule has 2 aliphatic heterocycles. The number of thiocarbonyl (C=S) groups is 1. The molecule has 0 amide bonds. The first-order chi connectivity index (χ1) is 12.5. The quantitative estimate of drug-likeness (QED) is 0.590. The summed E-state index contributed by atoms with van der Waals surface area (Å²) in [6, 6.07) is 13.2. The van der Waals surface area contributed by atoms with E-state index in [-0.39, 0.29) is 11.8 Å². The highest BCUT2D eigenvalue weighted by Gasteiger charge is 2.48. The van der Waals surface area contributed by atoms with Gasteiger partial charge in [-0.05, 0) is 35.4 Å². The van der Waals surface area contributed by atoms with Gasteiger partial charge in [-0.1, -0.05) is 53.6 Å².